The third-order valence-corrected chi connectivity index (χ3v) is 3.46. The van der Waals surface area contributed by atoms with Gasteiger partial charge in [0, 0.05) is 23.5 Å². The highest BCUT2D eigenvalue weighted by molar-refractivity contribution is 9.10. The maximum absolute atomic E-state index is 12.1. The van der Waals surface area contributed by atoms with E-state index in [1.54, 1.807) is 19.1 Å². The van der Waals surface area contributed by atoms with Crippen LogP contribution in [-0.2, 0) is 0 Å². The first-order valence-corrected chi connectivity index (χ1v) is 6.93. The molecule has 0 aliphatic carbocycles. The van der Waals surface area contributed by atoms with Gasteiger partial charge in [-0.2, -0.15) is 0 Å². The van der Waals surface area contributed by atoms with Crippen molar-refractivity contribution >= 4 is 44.8 Å². The van der Waals surface area contributed by atoms with Gasteiger partial charge in [0.15, 0.2) is 0 Å². The molecule has 1 aromatic carbocycles. The van der Waals surface area contributed by atoms with Crippen molar-refractivity contribution in [1.29, 1.82) is 0 Å². The molecule has 8 heteroatoms. The molecule has 1 amide bonds. The van der Waals surface area contributed by atoms with Crippen LogP contribution in [0.1, 0.15) is 15.9 Å². The molecule has 0 saturated heterocycles. The largest absolute Gasteiger partial charge is 0.322 e. The third-order valence-electron chi connectivity index (χ3n) is 2.73. The van der Waals surface area contributed by atoms with Crippen molar-refractivity contribution in [3.05, 3.63) is 61.3 Å². The summed E-state index contributed by atoms with van der Waals surface area (Å²) in [6, 6.07) is 5.81. The van der Waals surface area contributed by atoms with E-state index >= 15 is 0 Å². The van der Waals surface area contributed by atoms with Crippen LogP contribution < -0.4 is 5.32 Å². The Kier molecular flexibility index (Phi) is 4.54. The molecule has 1 aromatic heterocycles. The highest BCUT2D eigenvalue weighted by Gasteiger charge is 2.16. The fourth-order valence-corrected chi connectivity index (χ4v) is 2.28. The van der Waals surface area contributed by atoms with E-state index in [1.807, 2.05) is 0 Å². The van der Waals surface area contributed by atoms with Crippen molar-refractivity contribution < 1.29 is 9.72 Å². The summed E-state index contributed by atoms with van der Waals surface area (Å²) in [4.78, 5) is 26.3. The fourth-order valence-electron chi connectivity index (χ4n) is 1.68. The number of hydrogen-bond acceptors (Lipinski definition) is 4. The van der Waals surface area contributed by atoms with E-state index in [2.05, 4.69) is 26.2 Å². The maximum atomic E-state index is 12.1. The van der Waals surface area contributed by atoms with Crippen LogP contribution in [-0.4, -0.2) is 15.8 Å². The van der Waals surface area contributed by atoms with E-state index in [1.165, 1.54) is 18.3 Å². The number of rotatable bonds is 3. The van der Waals surface area contributed by atoms with Gasteiger partial charge >= 0.3 is 0 Å². The summed E-state index contributed by atoms with van der Waals surface area (Å²) in [5.74, 6) is -0.355. The number of aromatic nitrogens is 1. The van der Waals surface area contributed by atoms with Crippen LogP contribution in [0.5, 0.6) is 0 Å². The van der Waals surface area contributed by atoms with Crippen LogP contribution in [0, 0.1) is 17.0 Å². The molecule has 0 saturated carbocycles. The van der Waals surface area contributed by atoms with Crippen LogP contribution >= 0.6 is 27.5 Å². The van der Waals surface area contributed by atoms with Crippen molar-refractivity contribution in [1.82, 2.24) is 4.98 Å². The smallest absolute Gasteiger partial charge is 0.288 e. The number of nitro groups is 1. The van der Waals surface area contributed by atoms with Crippen molar-refractivity contribution in [2.24, 2.45) is 0 Å². The topological polar surface area (TPSA) is 85.1 Å². The van der Waals surface area contributed by atoms with E-state index in [9.17, 15) is 14.9 Å². The first-order valence-electron chi connectivity index (χ1n) is 5.76. The molecule has 2 rings (SSSR count). The number of nitro benzene ring substituents is 1. The predicted molar refractivity (Wildman–Crippen MR) is 82.7 cm³/mol. The number of carbonyl (C=O) groups excluding carboxylic acids is 1. The summed E-state index contributed by atoms with van der Waals surface area (Å²) in [5, 5.41) is 13.4. The molecule has 108 valence electrons. The Bertz CT molecular complexity index is 737. The van der Waals surface area contributed by atoms with Gasteiger partial charge in [-0.3, -0.25) is 14.9 Å². The van der Waals surface area contributed by atoms with Gasteiger partial charge in [-0.05, 0) is 46.6 Å². The van der Waals surface area contributed by atoms with Gasteiger partial charge in [0.25, 0.3) is 11.6 Å². The third kappa shape index (κ3) is 3.56. The number of pyridine rings is 1. The van der Waals surface area contributed by atoms with Crippen LogP contribution in [0.25, 0.3) is 0 Å². The lowest BCUT2D eigenvalue weighted by molar-refractivity contribution is -0.384. The lowest BCUT2D eigenvalue weighted by Gasteiger charge is -2.09. The minimum atomic E-state index is -0.569. The molecule has 0 unspecified atom stereocenters. The fraction of sp³-hybridized carbons (Fsp3) is 0.0769. The summed E-state index contributed by atoms with van der Waals surface area (Å²) in [5.41, 5.74) is 1.18. The highest BCUT2D eigenvalue weighted by atomic mass is 79.9. The summed E-state index contributed by atoms with van der Waals surface area (Å²) < 4.78 is 0.536. The number of carbonyl (C=O) groups is 1. The summed E-state index contributed by atoms with van der Waals surface area (Å²) in [6.45, 7) is 1.65. The van der Waals surface area contributed by atoms with Crippen molar-refractivity contribution in [3.63, 3.8) is 0 Å². The predicted octanol–water partition coefficient (Wildman–Crippen LogP) is 3.97. The minimum absolute atomic E-state index is 0.0307. The Morgan fingerprint density at radius 3 is 2.76 bits per heavy atom. The average molecular weight is 371 g/mol. The number of anilines is 1. The number of aryl methyl sites for hydroxylation is 1. The summed E-state index contributed by atoms with van der Waals surface area (Å²) in [6.07, 6.45) is 1.49. The average Bonchev–Trinajstić information content (AvgIpc) is 2.42. The molecular weight excluding hydrogens is 362 g/mol. The first-order chi connectivity index (χ1) is 9.88. The molecule has 6 nitrogen and oxygen atoms in total. The number of nitrogens with zero attached hydrogens (tertiary/aromatic N) is 2. The molecular formula is C13H9BrClN3O3. The normalized spacial score (nSPS) is 10.2. The van der Waals surface area contributed by atoms with Crippen molar-refractivity contribution in [3.8, 4) is 0 Å². The number of benzene rings is 1. The van der Waals surface area contributed by atoms with Gasteiger partial charge in [0.2, 0.25) is 0 Å². The number of amides is 1. The molecule has 0 spiro atoms. The van der Waals surface area contributed by atoms with Gasteiger partial charge < -0.3 is 5.32 Å². The second-order valence-corrected chi connectivity index (χ2v) is 5.42. The maximum Gasteiger partial charge on any atom is 0.288 e. The molecule has 0 aliphatic rings. The van der Waals surface area contributed by atoms with Gasteiger partial charge in [-0.1, -0.05) is 11.6 Å². The quantitative estimate of drug-likeness (QED) is 0.503. The minimum Gasteiger partial charge on any atom is -0.322 e. The van der Waals surface area contributed by atoms with Crippen LogP contribution in [0.15, 0.2) is 35.1 Å². The highest BCUT2D eigenvalue weighted by Crippen LogP contribution is 2.30. The SMILES string of the molecule is Cc1cc([N+](=O)[O-])c(Cl)cc1NC(=O)c1ccnc(Br)c1. The van der Waals surface area contributed by atoms with E-state index in [0.29, 0.717) is 21.4 Å². The van der Waals surface area contributed by atoms with Gasteiger partial charge in [-0.15, -0.1) is 0 Å². The molecule has 0 radical (unpaired) electrons. The Morgan fingerprint density at radius 1 is 1.43 bits per heavy atom. The number of halogens is 2. The standard InChI is InChI=1S/C13H9BrClN3O3/c1-7-4-11(18(20)21)9(15)6-10(7)17-13(19)8-2-3-16-12(14)5-8/h2-6H,1H3,(H,17,19). The zero-order valence-corrected chi connectivity index (χ0v) is 13.1. The van der Waals surface area contributed by atoms with Crippen LogP contribution in [0.3, 0.4) is 0 Å². The lowest BCUT2D eigenvalue weighted by atomic mass is 10.1. The monoisotopic (exact) mass is 369 g/mol. The Hall–Kier alpha value is -1.99. The molecule has 1 heterocycles. The zero-order chi connectivity index (χ0) is 15.6. The van der Waals surface area contributed by atoms with E-state index < -0.39 is 4.92 Å². The van der Waals surface area contributed by atoms with Gasteiger partial charge in [0.1, 0.15) is 9.63 Å². The van der Waals surface area contributed by atoms with Crippen molar-refractivity contribution in [2.45, 2.75) is 6.92 Å². The zero-order valence-electron chi connectivity index (χ0n) is 10.8. The molecule has 0 fully saturated rings. The van der Waals surface area contributed by atoms with E-state index in [4.69, 9.17) is 11.6 Å². The Balaban J connectivity index is 2.30. The molecule has 21 heavy (non-hydrogen) atoms. The lowest BCUT2D eigenvalue weighted by Crippen LogP contribution is -2.13. The van der Waals surface area contributed by atoms with Crippen LogP contribution in [0.2, 0.25) is 5.02 Å². The second kappa shape index (κ2) is 6.19. The van der Waals surface area contributed by atoms with E-state index in [0.717, 1.165) is 0 Å². The Morgan fingerprint density at radius 2 is 2.14 bits per heavy atom. The molecule has 1 N–H and O–H groups in total. The molecule has 2 aromatic rings. The molecule has 0 atom stereocenters. The van der Waals surface area contributed by atoms with Gasteiger partial charge in [0.05, 0.1) is 4.92 Å². The molecule has 0 bridgehead atoms. The second-order valence-electron chi connectivity index (χ2n) is 4.20. The number of hydrogen-bond donors (Lipinski definition) is 1. The summed E-state index contributed by atoms with van der Waals surface area (Å²) in [7, 11) is 0. The number of nitrogens with one attached hydrogen (secondary N) is 1. The Labute approximate surface area is 133 Å². The molecule has 0 aliphatic heterocycles. The van der Waals surface area contributed by atoms with Gasteiger partial charge in [-0.25, -0.2) is 4.98 Å². The first kappa shape index (κ1) is 15.4. The van der Waals surface area contributed by atoms with E-state index in [-0.39, 0.29) is 16.6 Å². The van der Waals surface area contributed by atoms with Crippen molar-refractivity contribution in [2.75, 3.05) is 5.32 Å². The van der Waals surface area contributed by atoms with Crippen LogP contribution in [0.4, 0.5) is 11.4 Å². The summed E-state index contributed by atoms with van der Waals surface area (Å²) >= 11 is 9.02.